The summed E-state index contributed by atoms with van der Waals surface area (Å²) < 4.78 is 23.8. The minimum Gasteiger partial charge on any atom is -0.327 e. The van der Waals surface area contributed by atoms with Crippen LogP contribution in [0.1, 0.15) is 25.3 Å². The average molecular weight is 276 g/mol. The van der Waals surface area contributed by atoms with Crippen molar-refractivity contribution in [2.24, 2.45) is 5.73 Å². The van der Waals surface area contributed by atoms with Gasteiger partial charge in [0.25, 0.3) is 0 Å². The number of halogens is 1. The van der Waals surface area contributed by atoms with Crippen LogP contribution in [0, 0.1) is 0 Å². The third-order valence-corrected chi connectivity index (χ3v) is 4.52. The third-order valence-electron chi connectivity index (χ3n) is 2.46. The highest BCUT2D eigenvalue weighted by Gasteiger charge is 2.17. The van der Waals surface area contributed by atoms with Gasteiger partial charge in [-0.3, -0.25) is 0 Å². The van der Waals surface area contributed by atoms with Crippen LogP contribution in [0.25, 0.3) is 0 Å². The van der Waals surface area contributed by atoms with Crippen molar-refractivity contribution >= 4 is 21.4 Å². The summed E-state index contributed by atoms with van der Waals surface area (Å²) in [5.74, 6) is -0.0177. The number of hydrogen-bond acceptors (Lipinski definition) is 3. The highest BCUT2D eigenvalue weighted by atomic mass is 35.5. The van der Waals surface area contributed by atoms with E-state index < -0.39 is 9.84 Å². The zero-order chi connectivity index (χ0) is 12.9. The first kappa shape index (κ1) is 14.5. The summed E-state index contributed by atoms with van der Waals surface area (Å²) in [5.41, 5.74) is 6.39. The maximum atomic E-state index is 11.9. The molecule has 1 aromatic carbocycles. The second kappa shape index (κ2) is 6.38. The Bertz CT molecular complexity index is 459. The fourth-order valence-corrected chi connectivity index (χ4v) is 3.64. The molecule has 0 heterocycles. The van der Waals surface area contributed by atoms with Crippen LogP contribution < -0.4 is 5.73 Å². The lowest BCUT2D eigenvalue weighted by Gasteiger charge is -2.11. The lowest BCUT2D eigenvalue weighted by molar-refractivity contribution is 0.576. The van der Waals surface area contributed by atoms with E-state index in [4.69, 9.17) is 17.3 Å². The van der Waals surface area contributed by atoms with Gasteiger partial charge in [0, 0.05) is 11.1 Å². The lowest BCUT2D eigenvalue weighted by atomic mass is 10.2. The van der Waals surface area contributed by atoms with Crippen LogP contribution >= 0.6 is 11.6 Å². The number of benzene rings is 1. The van der Waals surface area contributed by atoms with Crippen LogP contribution in [0.2, 0.25) is 5.02 Å². The van der Waals surface area contributed by atoms with Crippen molar-refractivity contribution in [1.82, 2.24) is 0 Å². The van der Waals surface area contributed by atoms with Crippen LogP contribution in [-0.2, 0) is 15.6 Å². The Morgan fingerprint density at radius 2 is 2.00 bits per heavy atom. The van der Waals surface area contributed by atoms with E-state index in [1.165, 1.54) is 0 Å². The molecule has 96 valence electrons. The number of sulfone groups is 1. The molecule has 0 radical (unpaired) electrons. The van der Waals surface area contributed by atoms with Gasteiger partial charge in [-0.2, -0.15) is 0 Å². The predicted molar refractivity (Wildman–Crippen MR) is 71.8 cm³/mol. The second-order valence-corrected chi connectivity index (χ2v) is 6.71. The Morgan fingerprint density at radius 1 is 1.35 bits per heavy atom. The molecule has 0 fully saturated rings. The van der Waals surface area contributed by atoms with Crippen molar-refractivity contribution in [1.29, 1.82) is 0 Å². The topological polar surface area (TPSA) is 60.2 Å². The Morgan fingerprint density at radius 3 is 2.59 bits per heavy atom. The largest absolute Gasteiger partial charge is 0.327 e. The highest BCUT2D eigenvalue weighted by Crippen LogP contribution is 2.18. The molecule has 1 atom stereocenters. The maximum absolute atomic E-state index is 11.9. The predicted octanol–water partition coefficient (Wildman–Crippen LogP) is 2.38. The van der Waals surface area contributed by atoms with E-state index in [0.29, 0.717) is 10.6 Å². The summed E-state index contributed by atoms with van der Waals surface area (Å²) in [6, 6.07) is 6.70. The van der Waals surface area contributed by atoms with E-state index in [-0.39, 0.29) is 17.5 Å². The molecule has 1 aromatic rings. The minimum absolute atomic E-state index is 0.0199. The van der Waals surface area contributed by atoms with Crippen molar-refractivity contribution in [3.05, 3.63) is 34.9 Å². The van der Waals surface area contributed by atoms with Crippen LogP contribution in [-0.4, -0.2) is 20.2 Å². The Labute approximate surface area is 108 Å². The Balaban J connectivity index is 2.70. The molecule has 1 rings (SSSR count). The SMILES string of the molecule is CCCC(N)CS(=O)(=O)Cc1ccccc1Cl. The quantitative estimate of drug-likeness (QED) is 0.867. The van der Waals surface area contributed by atoms with Crippen LogP contribution in [0.3, 0.4) is 0 Å². The van der Waals surface area contributed by atoms with E-state index in [0.717, 1.165) is 12.8 Å². The normalized spacial score (nSPS) is 13.6. The smallest absolute Gasteiger partial charge is 0.156 e. The number of nitrogens with two attached hydrogens (primary N) is 1. The molecule has 0 spiro atoms. The van der Waals surface area contributed by atoms with Crippen molar-refractivity contribution in [3.8, 4) is 0 Å². The van der Waals surface area contributed by atoms with E-state index in [1.807, 2.05) is 6.92 Å². The van der Waals surface area contributed by atoms with Gasteiger partial charge in [-0.15, -0.1) is 0 Å². The first-order valence-corrected chi connectivity index (χ1v) is 7.84. The molecule has 0 saturated heterocycles. The molecule has 0 saturated carbocycles. The van der Waals surface area contributed by atoms with Gasteiger partial charge in [-0.05, 0) is 18.1 Å². The average Bonchev–Trinajstić information content (AvgIpc) is 2.20. The molecule has 0 aromatic heterocycles. The third kappa shape index (κ3) is 5.06. The van der Waals surface area contributed by atoms with Gasteiger partial charge < -0.3 is 5.73 Å². The van der Waals surface area contributed by atoms with Gasteiger partial charge in [0.1, 0.15) is 0 Å². The fraction of sp³-hybridized carbons (Fsp3) is 0.500. The molecule has 0 aliphatic carbocycles. The Hall–Kier alpha value is -0.580. The van der Waals surface area contributed by atoms with E-state index in [2.05, 4.69) is 0 Å². The van der Waals surface area contributed by atoms with Crippen LogP contribution in [0.15, 0.2) is 24.3 Å². The van der Waals surface area contributed by atoms with Crippen LogP contribution in [0.5, 0.6) is 0 Å². The summed E-state index contributed by atoms with van der Waals surface area (Å²) in [7, 11) is -3.19. The summed E-state index contributed by atoms with van der Waals surface area (Å²) in [6.07, 6.45) is 1.62. The van der Waals surface area contributed by atoms with Crippen molar-refractivity contribution in [2.45, 2.75) is 31.6 Å². The van der Waals surface area contributed by atoms with Gasteiger partial charge in [0.2, 0.25) is 0 Å². The number of hydrogen-bond donors (Lipinski definition) is 1. The van der Waals surface area contributed by atoms with E-state index >= 15 is 0 Å². The summed E-state index contributed by atoms with van der Waals surface area (Å²) in [5, 5.41) is 0.486. The minimum atomic E-state index is -3.19. The van der Waals surface area contributed by atoms with Crippen molar-refractivity contribution < 1.29 is 8.42 Å². The van der Waals surface area contributed by atoms with E-state index in [9.17, 15) is 8.42 Å². The number of rotatable bonds is 6. The molecule has 2 N–H and O–H groups in total. The van der Waals surface area contributed by atoms with Gasteiger partial charge in [0.05, 0.1) is 11.5 Å². The van der Waals surface area contributed by atoms with Gasteiger partial charge in [-0.1, -0.05) is 43.1 Å². The summed E-state index contributed by atoms with van der Waals surface area (Å²) in [4.78, 5) is 0. The molecule has 0 aliphatic rings. The highest BCUT2D eigenvalue weighted by molar-refractivity contribution is 7.90. The lowest BCUT2D eigenvalue weighted by Crippen LogP contribution is -2.30. The molecular formula is C12H18ClNO2S. The molecule has 17 heavy (non-hydrogen) atoms. The summed E-state index contributed by atoms with van der Waals surface area (Å²) >= 11 is 5.93. The monoisotopic (exact) mass is 275 g/mol. The van der Waals surface area contributed by atoms with Gasteiger partial charge in [-0.25, -0.2) is 8.42 Å². The standard InChI is InChI=1S/C12H18ClNO2S/c1-2-5-11(14)9-17(15,16)8-10-6-3-4-7-12(10)13/h3-4,6-7,11H,2,5,8-9,14H2,1H3. The first-order valence-electron chi connectivity index (χ1n) is 5.64. The maximum Gasteiger partial charge on any atom is 0.156 e. The van der Waals surface area contributed by atoms with Crippen molar-refractivity contribution in [3.63, 3.8) is 0 Å². The molecule has 3 nitrogen and oxygen atoms in total. The summed E-state index contributed by atoms with van der Waals surface area (Å²) in [6.45, 7) is 1.99. The molecular weight excluding hydrogens is 258 g/mol. The first-order chi connectivity index (χ1) is 7.94. The van der Waals surface area contributed by atoms with Gasteiger partial charge in [0.15, 0.2) is 9.84 Å². The fourth-order valence-electron chi connectivity index (χ4n) is 1.69. The molecule has 0 amide bonds. The second-order valence-electron chi connectivity index (χ2n) is 4.19. The van der Waals surface area contributed by atoms with Gasteiger partial charge >= 0.3 is 0 Å². The van der Waals surface area contributed by atoms with Crippen molar-refractivity contribution in [2.75, 3.05) is 5.75 Å². The van der Waals surface area contributed by atoms with E-state index in [1.54, 1.807) is 24.3 Å². The Kier molecular flexibility index (Phi) is 5.43. The molecule has 0 aliphatic heterocycles. The zero-order valence-corrected chi connectivity index (χ0v) is 11.5. The van der Waals surface area contributed by atoms with Crippen LogP contribution in [0.4, 0.5) is 0 Å². The molecule has 1 unspecified atom stereocenters. The zero-order valence-electron chi connectivity index (χ0n) is 9.90. The molecule has 5 heteroatoms. The molecule has 0 bridgehead atoms.